The van der Waals surface area contributed by atoms with Crippen molar-refractivity contribution in [3.8, 4) is 0 Å². The Kier molecular flexibility index (Phi) is 5.56. The van der Waals surface area contributed by atoms with Crippen LogP contribution in [0, 0.1) is 0 Å². The number of para-hydroxylation sites is 1. The quantitative estimate of drug-likeness (QED) is 0.601. The summed E-state index contributed by atoms with van der Waals surface area (Å²) in [4.78, 5) is 23.8. The van der Waals surface area contributed by atoms with Gasteiger partial charge >= 0.3 is 0 Å². The summed E-state index contributed by atoms with van der Waals surface area (Å²) in [6.07, 6.45) is 1.55. The Morgan fingerprint density at radius 1 is 0.962 bits per heavy atom. The minimum absolute atomic E-state index is 0.0327. The van der Waals surface area contributed by atoms with Gasteiger partial charge in [0.2, 0.25) is 5.91 Å². The van der Waals surface area contributed by atoms with Gasteiger partial charge in [-0.2, -0.15) is 0 Å². The number of hydrogen-bond donors (Lipinski definition) is 3. The summed E-state index contributed by atoms with van der Waals surface area (Å²) in [5, 5.41) is 16.0. The molecule has 3 aromatic rings. The van der Waals surface area contributed by atoms with E-state index in [1.807, 2.05) is 18.2 Å². The van der Waals surface area contributed by atoms with E-state index in [-0.39, 0.29) is 24.1 Å². The Balaban J connectivity index is 1.46. The molecular formula is C18H17N5O3. The standard InChI is InChI=1S/C18H17N5O3/c24-17(20-11-14-7-4-10-26-14)12-19-16-9-8-15(22-23-16)18(25)21-13-5-2-1-3-6-13/h1-10H,11-12H2,(H,19,23)(H,20,24)(H,21,25). The monoisotopic (exact) mass is 351 g/mol. The number of hydrogen-bond acceptors (Lipinski definition) is 6. The molecule has 8 nitrogen and oxygen atoms in total. The maximum absolute atomic E-state index is 12.1. The van der Waals surface area contributed by atoms with E-state index >= 15 is 0 Å². The van der Waals surface area contributed by atoms with E-state index in [2.05, 4.69) is 26.1 Å². The first kappa shape index (κ1) is 17.2. The van der Waals surface area contributed by atoms with Crippen LogP contribution in [0.3, 0.4) is 0 Å². The lowest BCUT2D eigenvalue weighted by Crippen LogP contribution is -2.29. The van der Waals surface area contributed by atoms with Crippen molar-refractivity contribution in [3.63, 3.8) is 0 Å². The van der Waals surface area contributed by atoms with Gasteiger partial charge in [-0.15, -0.1) is 10.2 Å². The van der Waals surface area contributed by atoms with Crippen molar-refractivity contribution in [2.45, 2.75) is 6.54 Å². The van der Waals surface area contributed by atoms with Crippen LogP contribution in [-0.4, -0.2) is 28.6 Å². The van der Waals surface area contributed by atoms with E-state index in [4.69, 9.17) is 4.42 Å². The van der Waals surface area contributed by atoms with Crippen molar-refractivity contribution in [1.82, 2.24) is 15.5 Å². The predicted molar refractivity (Wildman–Crippen MR) is 95.5 cm³/mol. The maximum Gasteiger partial charge on any atom is 0.276 e. The predicted octanol–water partition coefficient (Wildman–Crippen LogP) is 2.05. The van der Waals surface area contributed by atoms with Gasteiger partial charge in [0.1, 0.15) is 11.6 Å². The van der Waals surface area contributed by atoms with Gasteiger partial charge < -0.3 is 20.4 Å². The molecular weight excluding hydrogens is 334 g/mol. The van der Waals surface area contributed by atoms with Crippen LogP contribution in [-0.2, 0) is 11.3 Å². The van der Waals surface area contributed by atoms with E-state index in [0.717, 1.165) is 0 Å². The van der Waals surface area contributed by atoms with Gasteiger partial charge in [-0.25, -0.2) is 0 Å². The fourth-order valence-corrected chi connectivity index (χ4v) is 2.10. The van der Waals surface area contributed by atoms with Crippen LogP contribution >= 0.6 is 0 Å². The number of nitrogens with zero attached hydrogens (tertiary/aromatic N) is 2. The molecule has 0 atom stereocenters. The minimum Gasteiger partial charge on any atom is -0.467 e. The first-order valence-corrected chi connectivity index (χ1v) is 7.94. The zero-order valence-corrected chi connectivity index (χ0v) is 13.8. The lowest BCUT2D eigenvalue weighted by atomic mass is 10.3. The Hall–Kier alpha value is -3.68. The van der Waals surface area contributed by atoms with E-state index in [1.165, 1.54) is 6.07 Å². The van der Waals surface area contributed by atoms with Crippen molar-refractivity contribution in [3.05, 3.63) is 72.3 Å². The molecule has 0 radical (unpaired) electrons. The van der Waals surface area contributed by atoms with E-state index < -0.39 is 0 Å². The van der Waals surface area contributed by atoms with Crippen molar-refractivity contribution < 1.29 is 14.0 Å². The average molecular weight is 351 g/mol. The molecule has 3 rings (SSSR count). The van der Waals surface area contributed by atoms with E-state index in [0.29, 0.717) is 23.8 Å². The molecule has 0 spiro atoms. The third kappa shape index (κ3) is 4.91. The number of aromatic nitrogens is 2. The first-order chi connectivity index (χ1) is 12.7. The van der Waals surface area contributed by atoms with Gasteiger partial charge in [0.05, 0.1) is 19.4 Å². The Morgan fingerprint density at radius 3 is 2.50 bits per heavy atom. The summed E-state index contributed by atoms with van der Waals surface area (Å²) in [5.41, 5.74) is 0.858. The summed E-state index contributed by atoms with van der Waals surface area (Å²) in [6, 6.07) is 15.7. The molecule has 0 saturated carbocycles. The molecule has 132 valence electrons. The average Bonchev–Trinajstić information content (AvgIpc) is 3.19. The Labute approximate surface area is 149 Å². The first-order valence-electron chi connectivity index (χ1n) is 7.94. The normalized spacial score (nSPS) is 10.2. The molecule has 1 aromatic carbocycles. The third-order valence-corrected chi connectivity index (χ3v) is 3.40. The third-order valence-electron chi connectivity index (χ3n) is 3.40. The number of amides is 2. The highest BCUT2D eigenvalue weighted by molar-refractivity contribution is 6.02. The number of rotatable bonds is 7. The lowest BCUT2D eigenvalue weighted by molar-refractivity contribution is -0.119. The van der Waals surface area contributed by atoms with Crippen LogP contribution in [0.25, 0.3) is 0 Å². The molecule has 0 aliphatic carbocycles. The zero-order chi connectivity index (χ0) is 18.2. The molecule has 0 bridgehead atoms. The number of furan rings is 1. The maximum atomic E-state index is 12.1. The molecule has 2 aromatic heterocycles. The molecule has 26 heavy (non-hydrogen) atoms. The zero-order valence-electron chi connectivity index (χ0n) is 13.8. The second-order valence-electron chi connectivity index (χ2n) is 5.33. The van der Waals surface area contributed by atoms with Gasteiger partial charge in [-0.3, -0.25) is 9.59 Å². The highest BCUT2D eigenvalue weighted by Crippen LogP contribution is 2.08. The second-order valence-corrected chi connectivity index (χ2v) is 5.33. The Morgan fingerprint density at radius 2 is 1.81 bits per heavy atom. The van der Waals surface area contributed by atoms with Gasteiger partial charge in [-0.05, 0) is 36.4 Å². The molecule has 0 aliphatic rings. The van der Waals surface area contributed by atoms with Crippen LogP contribution in [0.2, 0.25) is 0 Å². The molecule has 0 unspecified atom stereocenters. The molecule has 0 fully saturated rings. The SMILES string of the molecule is O=C(CNc1ccc(C(=O)Nc2ccccc2)nn1)NCc1ccco1. The van der Waals surface area contributed by atoms with Gasteiger partial charge in [0, 0.05) is 5.69 Å². The lowest BCUT2D eigenvalue weighted by Gasteiger charge is -2.07. The van der Waals surface area contributed by atoms with Crippen LogP contribution in [0.1, 0.15) is 16.2 Å². The summed E-state index contributed by atoms with van der Waals surface area (Å²) in [6.45, 7) is 0.350. The minimum atomic E-state index is -0.355. The van der Waals surface area contributed by atoms with E-state index in [1.54, 1.807) is 36.6 Å². The number of anilines is 2. The topological polar surface area (TPSA) is 109 Å². The van der Waals surface area contributed by atoms with E-state index in [9.17, 15) is 9.59 Å². The summed E-state index contributed by atoms with van der Waals surface area (Å²) >= 11 is 0. The van der Waals surface area contributed by atoms with Crippen molar-refractivity contribution >= 4 is 23.3 Å². The number of carbonyl (C=O) groups is 2. The number of carbonyl (C=O) groups excluding carboxylic acids is 2. The molecule has 2 heterocycles. The summed E-state index contributed by atoms with van der Waals surface area (Å²) in [7, 11) is 0. The number of nitrogens with one attached hydrogen (secondary N) is 3. The smallest absolute Gasteiger partial charge is 0.276 e. The van der Waals surface area contributed by atoms with Gasteiger partial charge in [0.25, 0.3) is 5.91 Å². The number of benzene rings is 1. The molecule has 8 heteroatoms. The van der Waals surface area contributed by atoms with Gasteiger partial charge in [-0.1, -0.05) is 18.2 Å². The van der Waals surface area contributed by atoms with Crippen molar-refractivity contribution in [1.29, 1.82) is 0 Å². The molecule has 0 saturated heterocycles. The van der Waals surface area contributed by atoms with Crippen LogP contribution in [0.5, 0.6) is 0 Å². The molecule has 2 amide bonds. The van der Waals surface area contributed by atoms with Crippen LogP contribution in [0.4, 0.5) is 11.5 Å². The fourth-order valence-electron chi connectivity index (χ4n) is 2.10. The largest absolute Gasteiger partial charge is 0.467 e. The summed E-state index contributed by atoms with van der Waals surface area (Å²) < 4.78 is 5.13. The van der Waals surface area contributed by atoms with Gasteiger partial charge in [0.15, 0.2) is 5.69 Å². The molecule has 3 N–H and O–H groups in total. The van der Waals surface area contributed by atoms with Crippen LogP contribution in [0.15, 0.2) is 65.3 Å². The summed E-state index contributed by atoms with van der Waals surface area (Å²) in [5.74, 6) is 0.502. The highest BCUT2D eigenvalue weighted by atomic mass is 16.3. The van der Waals surface area contributed by atoms with Crippen molar-refractivity contribution in [2.75, 3.05) is 17.2 Å². The molecule has 0 aliphatic heterocycles. The second kappa shape index (κ2) is 8.43. The van der Waals surface area contributed by atoms with Crippen LogP contribution < -0.4 is 16.0 Å². The van der Waals surface area contributed by atoms with Crippen molar-refractivity contribution in [2.24, 2.45) is 0 Å². The Bertz CT molecular complexity index is 848. The fraction of sp³-hybridized carbons (Fsp3) is 0.111. The highest BCUT2D eigenvalue weighted by Gasteiger charge is 2.09.